The summed E-state index contributed by atoms with van der Waals surface area (Å²) in [5.74, 6) is 1.04. The summed E-state index contributed by atoms with van der Waals surface area (Å²) in [5, 5.41) is 6.22. The van der Waals surface area contributed by atoms with Gasteiger partial charge < -0.3 is 15.4 Å². The number of nitrogens with one attached hydrogen (secondary N) is 2. The SMILES string of the molecule is CNCCC(=O)Nc1ccc(OCC(C)C)c(Cl)c1. The van der Waals surface area contributed by atoms with Crippen LogP contribution in [0.5, 0.6) is 5.75 Å². The molecule has 4 nitrogen and oxygen atoms in total. The number of rotatable bonds is 7. The third kappa shape index (κ3) is 5.94. The first-order valence-electron chi connectivity index (χ1n) is 6.39. The zero-order valence-electron chi connectivity index (χ0n) is 11.6. The van der Waals surface area contributed by atoms with Crippen LogP contribution >= 0.6 is 11.6 Å². The molecule has 19 heavy (non-hydrogen) atoms. The van der Waals surface area contributed by atoms with Crippen molar-refractivity contribution in [1.82, 2.24) is 5.32 Å². The van der Waals surface area contributed by atoms with E-state index in [0.717, 1.165) is 0 Å². The second kappa shape index (κ2) is 8.02. The van der Waals surface area contributed by atoms with Crippen molar-refractivity contribution in [3.8, 4) is 5.75 Å². The van der Waals surface area contributed by atoms with Crippen molar-refractivity contribution in [1.29, 1.82) is 0 Å². The number of benzene rings is 1. The van der Waals surface area contributed by atoms with Gasteiger partial charge >= 0.3 is 0 Å². The molecule has 1 aromatic carbocycles. The Morgan fingerprint density at radius 1 is 1.42 bits per heavy atom. The molecule has 5 heteroatoms. The highest BCUT2D eigenvalue weighted by Crippen LogP contribution is 2.28. The summed E-state index contributed by atoms with van der Waals surface area (Å²) >= 11 is 6.11. The molecular formula is C14H21ClN2O2. The van der Waals surface area contributed by atoms with E-state index in [1.165, 1.54) is 0 Å². The van der Waals surface area contributed by atoms with E-state index < -0.39 is 0 Å². The lowest BCUT2D eigenvalue weighted by Gasteiger charge is -2.11. The van der Waals surface area contributed by atoms with Gasteiger partial charge in [0.1, 0.15) is 5.75 Å². The molecule has 106 valence electrons. The van der Waals surface area contributed by atoms with Crippen LogP contribution < -0.4 is 15.4 Å². The Balaban J connectivity index is 2.58. The lowest BCUT2D eigenvalue weighted by atomic mass is 10.2. The third-order valence-corrected chi connectivity index (χ3v) is 2.69. The Hall–Kier alpha value is -1.26. The van der Waals surface area contributed by atoms with Crippen LogP contribution in [0, 0.1) is 5.92 Å². The highest BCUT2D eigenvalue weighted by molar-refractivity contribution is 6.32. The van der Waals surface area contributed by atoms with E-state index in [0.29, 0.717) is 41.9 Å². The van der Waals surface area contributed by atoms with Gasteiger partial charge in [-0.3, -0.25) is 4.79 Å². The fourth-order valence-corrected chi connectivity index (χ4v) is 1.65. The minimum Gasteiger partial charge on any atom is -0.492 e. The molecule has 0 unspecified atom stereocenters. The molecule has 2 N–H and O–H groups in total. The van der Waals surface area contributed by atoms with Gasteiger partial charge in [-0.15, -0.1) is 0 Å². The van der Waals surface area contributed by atoms with E-state index in [2.05, 4.69) is 24.5 Å². The maximum Gasteiger partial charge on any atom is 0.225 e. The predicted octanol–water partition coefficient (Wildman–Crippen LogP) is 2.92. The lowest BCUT2D eigenvalue weighted by Crippen LogP contribution is -2.18. The fourth-order valence-electron chi connectivity index (χ4n) is 1.41. The van der Waals surface area contributed by atoms with Crippen LogP contribution in [0.2, 0.25) is 5.02 Å². The minimum absolute atomic E-state index is 0.0405. The molecule has 0 aromatic heterocycles. The van der Waals surface area contributed by atoms with Crippen LogP contribution in [-0.2, 0) is 4.79 Å². The first-order valence-corrected chi connectivity index (χ1v) is 6.77. The van der Waals surface area contributed by atoms with Crippen molar-refractivity contribution in [2.45, 2.75) is 20.3 Å². The standard InChI is InChI=1S/C14H21ClN2O2/c1-10(2)9-19-13-5-4-11(8-12(13)15)17-14(18)6-7-16-3/h4-5,8,10,16H,6-7,9H2,1-3H3,(H,17,18). The molecule has 0 spiro atoms. The van der Waals surface area contributed by atoms with Gasteiger partial charge in [-0.05, 0) is 31.2 Å². The van der Waals surface area contributed by atoms with Crippen LogP contribution in [0.3, 0.4) is 0 Å². The zero-order valence-corrected chi connectivity index (χ0v) is 12.4. The molecule has 0 aliphatic carbocycles. The first-order chi connectivity index (χ1) is 9.02. The molecule has 1 rings (SSSR count). The Bertz CT molecular complexity index is 422. The zero-order chi connectivity index (χ0) is 14.3. The summed E-state index contributed by atoms with van der Waals surface area (Å²) in [6.07, 6.45) is 0.430. The molecule has 0 bridgehead atoms. The topological polar surface area (TPSA) is 50.4 Å². The maximum atomic E-state index is 11.6. The van der Waals surface area contributed by atoms with Gasteiger partial charge in [-0.2, -0.15) is 0 Å². The number of amides is 1. The van der Waals surface area contributed by atoms with Crippen molar-refractivity contribution in [2.75, 3.05) is 25.5 Å². The maximum absolute atomic E-state index is 11.6. The third-order valence-electron chi connectivity index (χ3n) is 2.39. The largest absolute Gasteiger partial charge is 0.492 e. The van der Waals surface area contributed by atoms with Crippen LogP contribution in [0.1, 0.15) is 20.3 Å². The molecule has 0 radical (unpaired) electrons. The van der Waals surface area contributed by atoms with Crippen molar-refractivity contribution in [3.05, 3.63) is 23.2 Å². The van der Waals surface area contributed by atoms with E-state index in [9.17, 15) is 4.79 Å². The van der Waals surface area contributed by atoms with Crippen molar-refractivity contribution in [3.63, 3.8) is 0 Å². The Kier molecular flexibility index (Phi) is 6.67. The lowest BCUT2D eigenvalue weighted by molar-refractivity contribution is -0.116. The molecule has 0 heterocycles. The number of hydrogen-bond acceptors (Lipinski definition) is 3. The van der Waals surface area contributed by atoms with Gasteiger partial charge in [0.2, 0.25) is 5.91 Å². The molecule has 0 fully saturated rings. The number of anilines is 1. The van der Waals surface area contributed by atoms with Gasteiger partial charge in [0.25, 0.3) is 0 Å². The van der Waals surface area contributed by atoms with Gasteiger partial charge in [0.15, 0.2) is 0 Å². The molecule has 0 aliphatic heterocycles. The van der Waals surface area contributed by atoms with Crippen molar-refractivity contribution >= 4 is 23.2 Å². The van der Waals surface area contributed by atoms with Gasteiger partial charge in [-0.1, -0.05) is 25.4 Å². The second-order valence-electron chi connectivity index (χ2n) is 4.75. The van der Waals surface area contributed by atoms with Crippen LogP contribution in [0.15, 0.2) is 18.2 Å². The summed E-state index contributed by atoms with van der Waals surface area (Å²) in [5.41, 5.74) is 0.683. The first kappa shape index (κ1) is 15.8. The molecule has 0 atom stereocenters. The van der Waals surface area contributed by atoms with Gasteiger partial charge in [0, 0.05) is 18.7 Å². The molecule has 0 saturated carbocycles. The Labute approximate surface area is 119 Å². The summed E-state index contributed by atoms with van der Waals surface area (Å²) in [4.78, 5) is 11.6. The normalized spacial score (nSPS) is 10.6. The Morgan fingerprint density at radius 3 is 2.74 bits per heavy atom. The highest BCUT2D eigenvalue weighted by Gasteiger charge is 2.06. The number of carbonyl (C=O) groups excluding carboxylic acids is 1. The van der Waals surface area contributed by atoms with E-state index in [1.54, 1.807) is 18.2 Å². The number of hydrogen-bond donors (Lipinski definition) is 2. The summed E-state index contributed by atoms with van der Waals surface area (Å²) in [6.45, 7) is 5.41. The molecular weight excluding hydrogens is 264 g/mol. The summed E-state index contributed by atoms with van der Waals surface area (Å²) < 4.78 is 5.57. The number of ether oxygens (including phenoxy) is 1. The summed E-state index contributed by atoms with van der Waals surface area (Å²) in [7, 11) is 1.81. The summed E-state index contributed by atoms with van der Waals surface area (Å²) in [6, 6.07) is 5.27. The number of carbonyl (C=O) groups is 1. The van der Waals surface area contributed by atoms with Crippen molar-refractivity contribution < 1.29 is 9.53 Å². The second-order valence-corrected chi connectivity index (χ2v) is 5.16. The van der Waals surface area contributed by atoms with Gasteiger partial charge in [-0.25, -0.2) is 0 Å². The van der Waals surface area contributed by atoms with E-state index in [4.69, 9.17) is 16.3 Å². The predicted molar refractivity (Wildman–Crippen MR) is 79.0 cm³/mol. The van der Waals surface area contributed by atoms with Crippen LogP contribution in [-0.4, -0.2) is 26.1 Å². The highest BCUT2D eigenvalue weighted by atomic mass is 35.5. The molecule has 1 aromatic rings. The monoisotopic (exact) mass is 284 g/mol. The smallest absolute Gasteiger partial charge is 0.225 e. The molecule has 0 aliphatic rings. The van der Waals surface area contributed by atoms with Crippen LogP contribution in [0.4, 0.5) is 5.69 Å². The van der Waals surface area contributed by atoms with Crippen LogP contribution in [0.25, 0.3) is 0 Å². The quantitative estimate of drug-likeness (QED) is 0.809. The average Bonchev–Trinajstić information content (AvgIpc) is 2.35. The van der Waals surface area contributed by atoms with E-state index in [-0.39, 0.29) is 5.91 Å². The number of halogens is 1. The average molecular weight is 285 g/mol. The van der Waals surface area contributed by atoms with Gasteiger partial charge in [0.05, 0.1) is 11.6 Å². The van der Waals surface area contributed by atoms with Crippen molar-refractivity contribution in [2.24, 2.45) is 5.92 Å². The minimum atomic E-state index is -0.0405. The molecule has 0 saturated heterocycles. The van der Waals surface area contributed by atoms with E-state index in [1.807, 2.05) is 7.05 Å². The molecule has 1 amide bonds. The Morgan fingerprint density at radius 2 is 2.16 bits per heavy atom. The fraction of sp³-hybridized carbons (Fsp3) is 0.500. The van der Waals surface area contributed by atoms with E-state index >= 15 is 0 Å².